The Morgan fingerprint density at radius 1 is 1.35 bits per heavy atom. The van der Waals surface area contributed by atoms with Crippen LogP contribution in [0.1, 0.15) is 25.8 Å². The fourth-order valence-corrected chi connectivity index (χ4v) is 3.10. The number of rotatable bonds is 6. The highest BCUT2D eigenvalue weighted by molar-refractivity contribution is 5.81. The molecule has 0 aliphatic carbocycles. The Kier molecular flexibility index (Phi) is 7.12. The number of hydrogen-bond acceptors (Lipinski definition) is 4. The maximum atomic E-state index is 12.1. The highest BCUT2D eigenvalue weighted by Crippen LogP contribution is 2.30. The highest BCUT2D eigenvalue weighted by Gasteiger charge is 2.28. The summed E-state index contributed by atoms with van der Waals surface area (Å²) in [7, 11) is 5.00. The predicted molar refractivity (Wildman–Crippen MR) is 103 cm³/mol. The molecule has 144 valence electrons. The minimum atomic E-state index is 0.0340. The summed E-state index contributed by atoms with van der Waals surface area (Å²) in [6.45, 7) is 5.92. The van der Waals surface area contributed by atoms with Gasteiger partial charge in [-0.05, 0) is 12.5 Å². The second kappa shape index (κ2) is 9.31. The van der Waals surface area contributed by atoms with E-state index >= 15 is 0 Å². The smallest absolute Gasteiger partial charge is 0.225 e. The predicted octanol–water partition coefficient (Wildman–Crippen LogP) is 1.63. The van der Waals surface area contributed by atoms with Crippen molar-refractivity contribution in [2.24, 2.45) is 10.9 Å². The van der Waals surface area contributed by atoms with Crippen LogP contribution in [0.15, 0.2) is 23.2 Å². The van der Waals surface area contributed by atoms with E-state index < -0.39 is 0 Å². The van der Waals surface area contributed by atoms with E-state index in [1.807, 2.05) is 36.9 Å². The molecule has 2 N–H and O–H groups in total. The number of carbonyl (C=O) groups is 1. The summed E-state index contributed by atoms with van der Waals surface area (Å²) in [5, 5.41) is 6.70. The molecule has 0 radical (unpaired) electrons. The van der Waals surface area contributed by atoms with Crippen LogP contribution in [0.25, 0.3) is 0 Å². The van der Waals surface area contributed by atoms with Crippen LogP contribution in [0.3, 0.4) is 0 Å². The molecule has 1 unspecified atom stereocenters. The summed E-state index contributed by atoms with van der Waals surface area (Å²) >= 11 is 0. The summed E-state index contributed by atoms with van der Waals surface area (Å²) in [4.78, 5) is 18.3. The molecule has 26 heavy (non-hydrogen) atoms. The van der Waals surface area contributed by atoms with Gasteiger partial charge in [-0.15, -0.1) is 0 Å². The van der Waals surface area contributed by atoms with Crippen LogP contribution >= 0.6 is 0 Å². The fourth-order valence-electron chi connectivity index (χ4n) is 3.10. The van der Waals surface area contributed by atoms with Gasteiger partial charge in [0.25, 0.3) is 0 Å². The number of aliphatic imine (C=N–C) groups is 1. The van der Waals surface area contributed by atoms with Gasteiger partial charge in [-0.3, -0.25) is 9.79 Å². The van der Waals surface area contributed by atoms with Crippen LogP contribution in [0.4, 0.5) is 0 Å². The third kappa shape index (κ3) is 4.80. The molecule has 7 nitrogen and oxygen atoms in total. The molecule has 7 heteroatoms. The number of nitrogens with zero attached hydrogens (tertiary/aromatic N) is 2. The van der Waals surface area contributed by atoms with Gasteiger partial charge < -0.3 is 25.0 Å². The van der Waals surface area contributed by atoms with Gasteiger partial charge in [-0.1, -0.05) is 26.0 Å². The van der Waals surface area contributed by atoms with Crippen molar-refractivity contribution in [3.8, 4) is 11.5 Å². The zero-order valence-corrected chi connectivity index (χ0v) is 16.3. The molecule has 1 aliphatic rings. The molecular formula is C19H30N4O3. The molecule has 0 spiro atoms. The topological polar surface area (TPSA) is 75.2 Å². The van der Waals surface area contributed by atoms with E-state index in [0.29, 0.717) is 30.5 Å². The second-order valence-corrected chi connectivity index (χ2v) is 6.65. The number of amides is 1. The van der Waals surface area contributed by atoms with Crippen LogP contribution in [-0.2, 0) is 11.3 Å². The molecule has 0 bridgehead atoms. The van der Waals surface area contributed by atoms with Crippen LogP contribution in [0, 0.1) is 5.92 Å². The molecule has 1 heterocycles. The van der Waals surface area contributed by atoms with Gasteiger partial charge in [0.05, 0.1) is 14.2 Å². The molecule has 1 fully saturated rings. The minimum absolute atomic E-state index is 0.0340. The van der Waals surface area contributed by atoms with Crippen LogP contribution in [0.5, 0.6) is 11.5 Å². The number of methoxy groups -OCH3 is 2. The number of likely N-dealkylation sites (tertiary alicyclic amines) is 1. The number of nitrogens with one attached hydrogen (secondary N) is 2. The monoisotopic (exact) mass is 362 g/mol. The molecule has 2 rings (SSSR count). The van der Waals surface area contributed by atoms with Crippen molar-refractivity contribution < 1.29 is 14.3 Å². The van der Waals surface area contributed by atoms with Crippen LogP contribution in [-0.4, -0.2) is 57.2 Å². The summed E-state index contributed by atoms with van der Waals surface area (Å²) in [5.74, 6) is 2.37. The third-order valence-corrected chi connectivity index (χ3v) is 4.49. The second-order valence-electron chi connectivity index (χ2n) is 6.65. The Labute approximate surface area is 155 Å². The fraction of sp³-hybridized carbons (Fsp3) is 0.579. The largest absolute Gasteiger partial charge is 0.493 e. The van der Waals surface area contributed by atoms with Crippen molar-refractivity contribution >= 4 is 11.9 Å². The number of para-hydroxylation sites is 1. The average Bonchev–Trinajstić information content (AvgIpc) is 3.12. The number of carbonyl (C=O) groups excluding carboxylic acids is 1. The molecule has 1 aliphatic heterocycles. The summed E-state index contributed by atoms with van der Waals surface area (Å²) in [6, 6.07) is 5.99. The Morgan fingerprint density at radius 2 is 2.12 bits per heavy atom. The van der Waals surface area contributed by atoms with Crippen molar-refractivity contribution in [3.05, 3.63) is 23.8 Å². The van der Waals surface area contributed by atoms with E-state index in [-0.39, 0.29) is 17.9 Å². The van der Waals surface area contributed by atoms with Gasteiger partial charge in [-0.25, -0.2) is 0 Å². The first kappa shape index (κ1) is 19.9. The van der Waals surface area contributed by atoms with E-state index in [2.05, 4.69) is 15.6 Å². The maximum absolute atomic E-state index is 12.1. The molecule has 0 aromatic heterocycles. The molecule has 1 saturated heterocycles. The number of ether oxygens (including phenoxy) is 2. The Balaban J connectivity index is 1.92. The van der Waals surface area contributed by atoms with Gasteiger partial charge >= 0.3 is 0 Å². The number of benzene rings is 1. The lowest BCUT2D eigenvalue weighted by molar-refractivity contribution is -0.133. The maximum Gasteiger partial charge on any atom is 0.225 e. The van der Waals surface area contributed by atoms with Crippen LogP contribution < -0.4 is 20.1 Å². The lowest BCUT2D eigenvalue weighted by Gasteiger charge is -2.20. The van der Waals surface area contributed by atoms with Crippen molar-refractivity contribution in [1.82, 2.24) is 15.5 Å². The van der Waals surface area contributed by atoms with Gasteiger partial charge in [0, 0.05) is 44.2 Å². The van der Waals surface area contributed by atoms with E-state index in [0.717, 1.165) is 18.5 Å². The molecule has 1 atom stereocenters. The summed E-state index contributed by atoms with van der Waals surface area (Å²) in [5.41, 5.74) is 0.984. The van der Waals surface area contributed by atoms with E-state index in [1.165, 1.54) is 0 Å². The van der Waals surface area contributed by atoms with Gasteiger partial charge in [0.15, 0.2) is 17.5 Å². The first-order valence-electron chi connectivity index (χ1n) is 8.96. The SMILES string of the molecule is CN=C(NCc1cccc(OC)c1OC)NC1CCN(C(=O)C(C)C)C1. The zero-order valence-electron chi connectivity index (χ0n) is 16.3. The van der Waals surface area contributed by atoms with Crippen molar-refractivity contribution in [1.29, 1.82) is 0 Å². The third-order valence-electron chi connectivity index (χ3n) is 4.49. The Bertz CT molecular complexity index is 646. The molecule has 1 aromatic carbocycles. The minimum Gasteiger partial charge on any atom is -0.493 e. The van der Waals surface area contributed by atoms with E-state index in [1.54, 1.807) is 21.3 Å². The Morgan fingerprint density at radius 3 is 2.73 bits per heavy atom. The van der Waals surface area contributed by atoms with Crippen molar-refractivity contribution in [2.45, 2.75) is 32.9 Å². The van der Waals surface area contributed by atoms with Crippen LogP contribution in [0.2, 0.25) is 0 Å². The first-order chi connectivity index (χ1) is 12.5. The average molecular weight is 362 g/mol. The standard InChI is InChI=1S/C19H30N4O3/c1-13(2)18(24)23-10-9-15(12-23)22-19(20-3)21-11-14-7-6-8-16(25-4)17(14)26-5/h6-8,13,15H,9-12H2,1-5H3,(H2,20,21,22). The molecule has 1 amide bonds. The molecule has 0 saturated carbocycles. The van der Waals surface area contributed by atoms with Gasteiger partial charge in [-0.2, -0.15) is 0 Å². The number of hydrogen-bond donors (Lipinski definition) is 2. The highest BCUT2D eigenvalue weighted by atomic mass is 16.5. The first-order valence-corrected chi connectivity index (χ1v) is 8.96. The van der Waals surface area contributed by atoms with Gasteiger partial charge in [0.1, 0.15) is 0 Å². The zero-order chi connectivity index (χ0) is 19.1. The lowest BCUT2D eigenvalue weighted by atomic mass is 10.2. The normalized spacial score (nSPS) is 17.4. The summed E-state index contributed by atoms with van der Waals surface area (Å²) in [6.07, 6.45) is 0.918. The van der Waals surface area contributed by atoms with E-state index in [4.69, 9.17) is 9.47 Å². The van der Waals surface area contributed by atoms with Gasteiger partial charge in [0.2, 0.25) is 5.91 Å². The van der Waals surface area contributed by atoms with E-state index in [9.17, 15) is 4.79 Å². The van der Waals surface area contributed by atoms with Crippen molar-refractivity contribution in [3.63, 3.8) is 0 Å². The Hall–Kier alpha value is -2.44. The quantitative estimate of drug-likeness (QED) is 0.594. The molecular weight excluding hydrogens is 332 g/mol. The molecule has 1 aromatic rings. The van der Waals surface area contributed by atoms with Crippen molar-refractivity contribution in [2.75, 3.05) is 34.4 Å². The number of guanidine groups is 1. The lowest BCUT2D eigenvalue weighted by Crippen LogP contribution is -2.45. The summed E-state index contributed by atoms with van der Waals surface area (Å²) < 4.78 is 10.8.